The first kappa shape index (κ1) is 22.9. The standard InChI is InChI=1S/C24H28N8O3/c1-24(2,3)32-23-17(21(25)28-12-29-23)18(30-32)19-16(20(35-31-19)14-8-9-14)22-26-10-13(11-27-22)6-4-5-7-15(33)34/h10-12,14H,4-9H2,1-3H3,(H,33,34)(H2,25,28,29). The van der Waals surface area contributed by atoms with Gasteiger partial charge in [-0.15, -0.1) is 0 Å². The van der Waals surface area contributed by atoms with E-state index in [4.69, 9.17) is 20.5 Å². The van der Waals surface area contributed by atoms with Crippen LogP contribution in [0.15, 0.2) is 23.2 Å². The highest BCUT2D eigenvalue weighted by molar-refractivity contribution is 6.00. The van der Waals surface area contributed by atoms with Crippen molar-refractivity contribution >= 4 is 22.8 Å². The zero-order chi connectivity index (χ0) is 24.7. The van der Waals surface area contributed by atoms with Gasteiger partial charge in [0.2, 0.25) is 0 Å². The maximum absolute atomic E-state index is 10.7. The molecule has 0 amide bonds. The van der Waals surface area contributed by atoms with Crippen molar-refractivity contribution in [1.29, 1.82) is 0 Å². The molecule has 0 radical (unpaired) electrons. The first-order chi connectivity index (χ1) is 16.7. The third kappa shape index (κ3) is 4.45. The smallest absolute Gasteiger partial charge is 0.303 e. The lowest BCUT2D eigenvalue weighted by Crippen LogP contribution is -2.23. The SMILES string of the molecule is CC(C)(C)n1nc(-c2noc(C3CC3)c2-c2ncc(CCCCC(=O)O)cn2)c2c(N)ncnc21. The van der Waals surface area contributed by atoms with Gasteiger partial charge in [0.15, 0.2) is 17.2 Å². The highest BCUT2D eigenvalue weighted by atomic mass is 16.5. The molecule has 5 rings (SSSR count). The van der Waals surface area contributed by atoms with Crippen LogP contribution < -0.4 is 5.73 Å². The van der Waals surface area contributed by atoms with E-state index in [1.54, 1.807) is 12.4 Å². The molecule has 1 fully saturated rings. The molecule has 0 aromatic carbocycles. The van der Waals surface area contributed by atoms with Crippen molar-refractivity contribution in [3.05, 3.63) is 30.0 Å². The van der Waals surface area contributed by atoms with Crippen molar-refractivity contribution in [2.45, 2.75) is 70.8 Å². The molecule has 1 saturated carbocycles. The van der Waals surface area contributed by atoms with Gasteiger partial charge in [-0.3, -0.25) is 4.79 Å². The molecule has 0 spiro atoms. The van der Waals surface area contributed by atoms with E-state index < -0.39 is 5.97 Å². The third-order valence-electron chi connectivity index (χ3n) is 6.06. The van der Waals surface area contributed by atoms with Crippen LogP contribution in [0.4, 0.5) is 5.82 Å². The number of carboxylic acids is 1. The Kier molecular flexibility index (Phi) is 5.70. The minimum atomic E-state index is -0.781. The zero-order valence-corrected chi connectivity index (χ0v) is 20.0. The van der Waals surface area contributed by atoms with Crippen molar-refractivity contribution in [2.24, 2.45) is 0 Å². The summed E-state index contributed by atoms with van der Waals surface area (Å²) in [6.07, 6.45) is 9.28. The van der Waals surface area contributed by atoms with Gasteiger partial charge in [-0.1, -0.05) is 5.16 Å². The molecular weight excluding hydrogens is 448 g/mol. The molecule has 11 heteroatoms. The van der Waals surface area contributed by atoms with E-state index in [-0.39, 0.29) is 17.9 Å². The Morgan fingerprint density at radius 3 is 2.54 bits per heavy atom. The monoisotopic (exact) mass is 476 g/mol. The van der Waals surface area contributed by atoms with Gasteiger partial charge in [-0.25, -0.2) is 24.6 Å². The fourth-order valence-electron chi connectivity index (χ4n) is 4.13. The number of hydrogen-bond acceptors (Lipinski definition) is 9. The molecular formula is C24H28N8O3. The molecule has 1 aliphatic rings. The number of aryl methyl sites for hydroxylation is 1. The number of anilines is 1. The lowest BCUT2D eigenvalue weighted by Gasteiger charge is -2.19. The van der Waals surface area contributed by atoms with Gasteiger partial charge in [0.25, 0.3) is 0 Å². The Bertz CT molecular complexity index is 1380. The van der Waals surface area contributed by atoms with Crippen LogP contribution >= 0.6 is 0 Å². The number of nitrogens with two attached hydrogens (primary N) is 1. The van der Waals surface area contributed by atoms with E-state index in [2.05, 4.69) is 25.1 Å². The second-order valence-electron chi connectivity index (χ2n) is 9.95. The van der Waals surface area contributed by atoms with Crippen LogP contribution in [0.2, 0.25) is 0 Å². The molecule has 35 heavy (non-hydrogen) atoms. The number of hydrogen-bond donors (Lipinski definition) is 2. The van der Waals surface area contributed by atoms with Gasteiger partial charge >= 0.3 is 5.97 Å². The van der Waals surface area contributed by atoms with E-state index >= 15 is 0 Å². The highest BCUT2D eigenvalue weighted by Gasteiger charge is 2.36. The minimum Gasteiger partial charge on any atom is -0.481 e. The molecule has 0 atom stereocenters. The summed E-state index contributed by atoms with van der Waals surface area (Å²) in [5.41, 5.74) is 9.29. The van der Waals surface area contributed by atoms with Crippen LogP contribution in [0.5, 0.6) is 0 Å². The van der Waals surface area contributed by atoms with Gasteiger partial charge in [-0.2, -0.15) is 5.10 Å². The van der Waals surface area contributed by atoms with E-state index in [0.29, 0.717) is 52.5 Å². The molecule has 11 nitrogen and oxygen atoms in total. The third-order valence-corrected chi connectivity index (χ3v) is 6.06. The Hall–Kier alpha value is -3.89. The second kappa shape index (κ2) is 8.71. The van der Waals surface area contributed by atoms with Crippen molar-refractivity contribution in [3.63, 3.8) is 0 Å². The van der Waals surface area contributed by atoms with Crippen molar-refractivity contribution in [3.8, 4) is 22.8 Å². The van der Waals surface area contributed by atoms with Gasteiger partial charge in [-0.05, 0) is 58.4 Å². The Morgan fingerprint density at radius 1 is 1.14 bits per heavy atom. The highest BCUT2D eigenvalue weighted by Crippen LogP contribution is 2.47. The molecule has 4 heterocycles. The molecule has 0 bridgehead atoms. The maximum Gasteiger partial charge on any atom is 0.303 e. The van der Waals surface area contributed by atoms with E-state index in [0.717, 1.165) is 30.6 Å². The number of nitrogen functional groups attached to an aromatic ring is 1. The number of aromatic nitrogens is 7. The summed E-state index contributed by atoms with van der Waals surface area (Å²) in [7, 11) is 0. The lowest BCUT2D eigenvalue weighted by atomic mass is 10.1. The molecule has 0 unspecified atom stereocenters. The number of rotatable bonds is 8. The van der Waals surface area contributed by atoms with Gasteiger partial charge in [0, 0.05) is 24.7 Å². The topological polar surface area (TPSA) is 159 Å². The summed E-state index contributed by atoms with van der Waals surface area (Å²) in [6, 6.07) is 0. The lowest BCUT2D eigenvalue weighted by molar-refractivity contribution is -0.137. The van der Waals surface area contributed by atoms with Crippen LogP contribution in [0.3, 0.4) is 0 Å². The van der Waals surface area contributed by atoms with Crippen molar-refractivity contribution < 1.29 is 14.4 Å². The van der Waals surface area contributed by atoms with Crippen LogP contribution in [-0.4, -0.2) is 45.9 Å². The number of nitrogens with zero attached hydrogens (tertiary/aromatic N) is 7. The van der Waals surface area contributed by atoms with E-state index in [9.17, 15) is 4.79 Å². The molecule has 1 aliphatic carbocycles. The van der Waals surface area contributed by atoms with Crippen LogP contribution in [0, 0.1) is 0 Å². The molecule has 182 valence electrons. The number of aliphatic carboxylic acids is 1. The number of carbonyl (C=O) groups is 1. The average molecular weight is 477 g/mol. The minimum absolute atomic E-state index is 0.162. The summed E-state index contributed by atoms with van der Waals surface area (Å²) in [4.78, 5) is 28.6. The number of fused-ring (bicyclic) bond motifs is 1. The van der Waals surface area contributed by atoms with Gasteiger partial charge in [0.05, 0.1) is 16.5 Å². The Labute approximate surface area is 201 Å². The summed E-state index contributed by atoms with van der Waals surface area (Å²) in [6.45, 7) is 6.12. The Balaban J connectivity index is 1.57. The summed E-state index contributed by atoms with van der Waals surface area (Å²) in [5.74, 6) is 1.07. The van der Waals surface area contributed by atoms with Gasteiger partial charge in [0.1, 0.15) is 23.5 Å². The quantitative estimate of drug-likeness (QED) is 0.356. The van der Waals surface area contributed by atoms with Crippen LogP contribution in [-0.2, 0) is 16.8 Å². The normalized spacial score (nSPS) is 14.0. The van der Waals surface area contributed by atoms with Crippen molar-refractivity contribution in [1.82, 2.24) is 34.9 Å². The number of carboxylic acid groups (broad SMARTS) is 1. The second-order valence-corrected chi connectivity index (χ2v) is 9.95. The van der Waals surface area contributed by atoms with Crippen molar-refractivity contribution in [2.75, 3.05) is 5.73 Å². The maximum atomic E-state index is 10.7. The summed E-state index contributed by atoms with van der Waals surface area (Å²) in [5, 5.41) is 18.7. The first-order valence-electron chi connectivity index (χ1n) is 11.8. The summed E-state index contributed by atoms with van der Waals surface area (Å²) >= 11 is 0. The van der Waals surface area contributed by atoms with E-state index in [1.165, 1.54) is 6.33 Å². The summed E-state index contributed by atoms with van der Waals surface area (Å²) < 4.78 is 7.65. The first-order valence-corrected chi connectivity index (χ1v) is 11.8. The molecule has 0 aliphatic heterocycles. The largest absolute Gasteiger partial charge is 0.481 e. The Morgan fingerprint density at radius 2 is 1.89 bits per heavy atom. The fourth-order valence-corrected chi connectivity index (χ4v) is 4.13. The molecule has 0 saturated heterocycles. The predicted octanol–water partition coefficient (Wildman–Crippen LogP) is 3.95. The van der Waals surface area contributed by atoms with Gasteiger partial charge < -0.3 is 15.4 Å². The van der Waals surface area contributed by atoms with Crippen LogP contribution in [0.1, 0.15) is 70.1 Å². The van der Waals surface area contributed by atoms with Crippen LogP contribution in [0.25, 0.3) is 33.8 Å². The molecule has 4 aromatic rings. The molecule has 4 aromatic heterocycles. The van der Waals surface area contributed by atoms with E-state index in [1.807, 2.05) is 25.5 Å². The predicted molar refractivity (Wildman–Crippen MR) is 128 cm³/mol. The average Bonchev–Trinajstić information content (AvgIpc) is 3.42. The fraction of sp³-hybridized carbons (Fsp3) is 0.458. The molecule has 3 N–H and O–H groups in total. The number of unbranched alkanes of at least 4 members (excludes halogenated alkanes) is 1. The zero-order valence-electron chi connectivity index (χ0n) is 20.0.